The van der Waals surface area contributed by atoms with E-state index in [1.165, 1.54) is 26.4 Å². The Hall–Kier alpha value is -0.750. The van der Waals surface area contributed by atoms with Crippen LogP contribution in [0, 0.1) is 0 Å². The molecule has 0 aliphatic heterocycles. The van der Waals surface area contributed by atoms with Gasteiger partial charge >= 0.3 is 0 Å². The van der Waals surface area contributed by atoms with Gasteiger partial charge in [0.2, 0.25) is 0 Å². The van der Waals surface area contributed by atoms with Crippen LogP contribution in [0.5, 0.6) is 11.5 Å². The second kappa shape index (κ2) is 5.54. The Balaban J connectivity index is 3.18. The molecule has 0 saturated carbocycles. The molecular weight excluding hydrogens is 296 g/mol. The van der Waals surface area contributed by atoms with Crippen LogP contribution in [0.4, 0.5) is 0 Å². The Bertz CT molecular complexity index is 456. The van der Waals surface area contributed by atoms with Gasteiger partial charge in [0.05, 0.1) is 24.9 Å². The number of benzene rings is 1. The van der Waals surface area contributed by atoms with Gasteiger partial charge in [-0.15, -0.1) is 0 Å². The first-order chi connectivity index (χ1) is 7.55. The third kappa shape index (κ3) is 2.89. The third-order valence-electron chi connectivity index (χ3n) is 2.06. The zero-order chi connectivity index (χ0) is 12.2. The van der Waals surface area contributed by atoms with Crippen LogP contribution in [0.2, 0.25) is 0 Å². The van der Waals surface area contributed by atoms with E-state index in [0.717, 1.165) is 0 Å². The molecule has 0 bridgehead atoms. The molecule has 16 heavy (non-hydrogen) atoms. The highest BCUT2D eigenvalue weighted by Gasteiger charge is 2.16. The molecule has 0 amide bonds. The van der Waals surface area contributed by atoms with Crippen molar-refractivity contribution in [3.63, 3.8) is 0 Å². The van der Waals surface area contributed by atoms with Gasteiger partial charge < -0.3 is 9.47 Å². The predicted octanol–water partition coefficient (Wildman–Crippen LogP) is 1.87. The summed E-state index contributed by atoms with van der Waals surface area (Å²) >= 11 is 3.11. The third-order valence-corrected chi connectivity index (χ3v) is 4.70. The van der Waals surface area contributed by atoms with Crippen LogP contribution in [-0.4, -0.2) is 33.7 Å². The molecule has 0 spiro atoms. The normalized spacial score (nSPS) is 11.2. The topological polar surface area (TPSA) is 52.6 Å². The van der Waals surface area contributed by atoms with Crippen molar-refractivity contribution in [3.05, 3.63) is 18.2 Å². The summed E-state index contributed by atoms with van der Waals surface area (Å²) in [6.45, 7) is 0. The molecule has 0 aliphatic carbocycles. The van der Waals surface area contributed by atoms with Crippen molar-refractivity contribution in [2.75, 3.05) is 25.3 Å². The molecule has 4 nitrogen and oxygen atoms in total. The van der Waals surface area contributed by atoms with E-state index >= 15 is 0 Å². The first-order valence-corrected chi connectivity index (χ1v) is 7.33. The van der Waals surface area contributed by atoms with Crippen LogP contribution >= 0.6 is 15.9 Å². The number of sulfone groups is 1. The molecule has 0 fully saturated rings. The van der Waals surface area contributed by atoms with Crippen molar-refractivity contribution in [3.8, 4) is 11.5 Å². The average molecular weight is 309 g/mol. The van der Waals surface area contributed by atoms with Gasteiger partial charge in [0.25, 0.3) is 0 Å². The number of halogens is 1. The molecule has 1 aromatic carbocycles. The first kappa shape index (κ1) is 13.3. The van der Waals surface area contributed by atoms with Crippen molar-refractivity contribution in [2.24, 2.45) is 0 Å². The van der Waals surface area contributed by atoms with Crippen LogP contribution in [0.15, 0.2) is 23.1 Å². The Morgan fingerprint density at radius 1 is 1.19 bits per heavy atom. The maximum absolute atomic E-state index is 11.8. The summed E-state index contributed by atoms with van der Waals surface area (Å²) in [6, 6.07) is 4.57. The van der Waals surface area contributed by atoms with Crippen LogP contribution in [0.1, 0.15) is 0 Å². The Kier molecular flexibility index (Phi) is 4.61. The molecule has 0 N–H and O–H groups in total. The second-order valence-electron chi connectivity index (χ2n) is 3.02. The van der Waals surface area contributed by atoms with E-state index in [1.807, 2.05) is 0 Å². The minimum Gasteiger partial charge on any atom is -0.493 e. The second-order valence-corrected chi connectivity index (χ2v) is 5.93. The Labute approximate surface area is 104 Å². The smallest absolute Gasteiger partial charge is 0.179 e. The minimum absolute atomic E-state index is 0.0580. The van der Waals surface area contributed by atoms with Crippen molar-refractivity contribution < 1.29 is 17.9 Å². The SMILES string of the molecule is COc1ccc(S(=O)(=O)CCBr)cc1OC. The highest BCUT2D eigenvalue weighted by molar-refractivity contribution is 9.09. The molecule has 90 valence electrons. The summed E-state index contributed by atoms with van der Waals surface area (Å²) in [7, 11) is -0.275. The maximum Gasteiger partial charge on any atom is 0.179 e. The molecule has 0 saturated heterocycles. The Morgan fingerprint density at radius 2 is 1.81 bits per heavy atom. The maximum atomic E-state index is 11.8. The average Bonchev–Trinajstić information content (AvgIpc) is 2.28. The summed E-state index contributed by atoms with van der Waals surface area (Å²) in [5, 5.41) is 0.406. The fraction of sp³-hybridized carbons (Fsp3) is 0.400. The zero-order valence-corrected chi connectivity index (χ0v) is 11.5. The molecule has 0 aromatic heterocycles. The van der Waals surface area contributed by atoms with E-state index in [0.29, 0.717) is 16.8 Å². The highest BCUT2D eigenvalue weighted by Crippen LogP contribution is 2.29. The molecule has 1 rings (SSSR count). The zero-order valence-electron chi connectivity index (χ0n) is 9.07. The summed E-state index contributed by atoms with van der Waals surface area (Å²) in [6.07, 6.45) is 0. The molecule has 0 radical (unpaired) electrons. The molecule has 0 unspecified atom stereocenters. The number of rotatable bonds is 5. The van der Waals surface area contributed by atoms with Crippen LogP contribution in [0.3, 0.4) is 0 Å². The largest absolute Gasteiger partial charge is 0.493 e. The molecule has 1 aromatic rings. The summed E-state index contributed by atoms with van der Waals surface area (Å²) < 4.78 is 33.6. The summed E-state index contributed by atoms with van der Waals surface area (Å²) in [4.78, 5) is 0.240. The number of methoxy groups -OCH3 is 2. The molecular formula is C10H13BrO4S. The number of hydrogen-bond acceptors (Lipinski definition) is 4. The van der Waals surface area contributed by atoms with Gasteiger partial charge in [-0.05, 0) is 12.1 Å². The predicted molar refractivity (Wildman–Crippen MR) is 65.4 cm³/mol. The number of hydrogen-bond donors (Lipinski definition) is 0. The van der Waals surface area contributed by atoms with Gasteiger partial charge in [0.1, 0.15) is 0 Å². The number of ether oxygens (including phenoxy) is 2. The quantitative estimate of drug-likeness (QED) is 0.779. The van der Waals surface area contributed by atoms with Crippen molar-refractivity contribution in [2.45, 2.75) is 4.90 Å². The van der Waals surface area contributed by atoms with Crippen LogP contribution in [-0.2, 0) is 9.84 Å². The van der Waals surface area contributed by atoms with Gasteiger partial charge in [-0.25, -0.2) is 8.42 Å². The van der Waals surface area contributed by atoms with Crippen molar-refractivity contribution in [1.82, 2.24) is 0 Å². The summed E-state index contributed by atoms with van der Waals surface area (Å²) in [5.41, 5.74) is 0. The lowest BCUT2D eigenvalue weighted by Crippen LogP contribution is -2.08. The van der Waals surface area contributed by atoms with Crippen LogP contribution in [0.25, 0.3) is 0 Å². The molecule has 0 atom stereocenters. The van der Waals surface area contributed by atoms with Crippen molar-refractivity contribution in [1.29, 1.82) is 0 Å². The van der Waals surface area contributed by atoms with E-state index < -0.39 is 9.84 Å². The lowest BCUT2D eigenvalue weighted by atomic mass is 10.3. The van der Waals surface area contributed by atoms with E-state index in [-0.39, 0.29) is 10.6 Å². The van der Waals surface area contributed by atoms with E-state index in [1.54, 1.807) is 6.07 Å². The fourth-order valence-corrected chi connectivity index (χ4v) is 3.51. The molecule has 6 heteroatoms. The highest BCUT2D eigenvalue weighted by atomic mass is 79.9. The van der Waals surface area contributed by atoms with Crippen LogP contribution < -0.4 is 9.47 Å². The van der Waals surface area contributed by atoms with E-state index in [2.05, 4.69) is 15.9 Å². The van der Waals surface area contributed by atoms with Gasteiger partial charge in [-0.1, -0.05) is 15.9 Å². The monoisotopic (exact) mass is 308 g/mol. The lowest BCUT2D eigenvalue weighted by molar-refractivity contribution is 0.354. The van der Waals surface area contributed by atoms with Crippen molar-refractivity contribution >= 4 is 25.8 Å². The van der Waals surface area contributed by atoms with E-state index in [4.69, 9.17) is 9.47 Å². The Morgan fingerprint density at radius 3 is 2.31 bits per heavy atom. The first-order valence-electron chi connectivity index (χ1n) is 4.56. The van der Waals surface area contributed by atoms with E-state index in [9.17, 15) is 8.42 Å². The lowest BCUT2D eigenvalue weighted by Gasteiger charge is -2.09. The van der Waals surface area contributed by atoms with Gasteiger partial charge in [0.15, 0.2) is 21.3 Å². The fourth-order valence-electron chi connectivity index (χ4n) is 1.23. The van der Waals surface area contributed by atoms with Gasteiger partial charge in [-0.2, -0.15) is 0 Å². The molecule has 0 heterocycles. The minimum atomic E-state index is -3.25. The molecule has 0 aliphatic rings. The van der Waals surface area contributed by atoms with Gasteiger partial charge in [-0.3, -0.25) is 0 Å². The van der Waals surface area contributed by atoms with Gasteiger partial charge in [0, 0.05) is 11.4 Å². The summed E-state index contributed by atoms with van der Waals surface area (Å²) in [5.74, 6) is 0.987. The standard InChI is InChI=1S/C10H13BrO4S/c1-14-9-4-3-8(7-10(9)15-2)16(12,13)6-5-11/h3-4,7H,5-6H2,1-2H3. The number of alkyl halides is 1.